The van der Waals surface area contributed by atoms with Crippen LogP contribution in [0.3, 0.4) is 0 Å². The van der Waals surface area contributed by atoms with Gasteiger partial charge < -0.3 is 15.1 Å². The van der Waals surface area contributed by atoms with E-state index in [0.29, 0.717) is 5.54 Å². The highest BCUT2D eigenvalue weighted by atomic mass is 16.3. The number of likely N-dealkylation sites (tertiary alicyclic amines) is 1. The van der Waals surface area contributed by atoms with E-state index in [0.717, 1.165) is 36.2 Å². The molecule has 1 aliphatic rings. The van der Waals surface area contributed by atoms with Crippen LogP contribution in [-0.4, -0.2) is 39.2 Å². The van der Waals surface area contributed by atoms with Gasteiger partial charge in [-0.15, -0.1) is 0 Å². The van der Waals surface area contributed by atoms with E-state index in [1.807, 2.05) is 0 Å². The van der Waals surface area contributed by atoms with Crippen LogP contribution in [0.4, 0.5) is 0 Å². The van der Waals surface area contributed by atoms with E-state index in [2.05, 4.69) is 44.6 Å². The van der Waals surface area contributed by atoms with Crippen molar-refractivity contribution in [2.24, 2.45) is 17.8 Å². The van der Waals surface area contributed by atoms with Gasteiger partial charge in [0.1, 0.15) is 0 Å². The van der Waals surface area contributed by atoms with Gasteiger partial charge >= 0.3 is 0 Å². The van der Waals surface area contributed by atoms with E-state index in [9.17, 15) is 10.2 Å². The van der Waals surface area contributed by atoms with Crippen molar-refractivity contribution in [3.8, 4) is 11.8 Å². The summed E-state index contributed by atoms with van der Waals surface area (Å²) in [4.78, 5) is 5.12. The van der Waals surface area contributed by atoms with Crippen molar-refractivity contribution < 1.29 is 10.2 Å². The predicted molar refractivity (Wildman–Crippen MR) is 123 cm³/mol. The summed E-state index contributed by atoms with van der Waals surface area (Å²) in [7, 11) is 2.29. The zero-order valence-electron chi connectivity index (χ0n) is 19.6. The number of rotatable bonds is 12. The van der Waals surface area contributed by atoms with Gasteiger partial charge in [-0.3, -0.25) is 4.98 Å². The molecule has 0 aromatic carbocycles. The zero-order valence-corrected chi connectivity index (χ0v) is 19.6. The normalized spacial score (nSPS) is 23.3. The lowest BCUT2D eigenvalue weighted by atomic mass is 9.66. The van der Waals surface area contributed by atoms with Crippen LogP contribution in [0, 0.1) is 17.8 Å². The van der Waals surface area contributed by atoms with E-state index < -0.39 is 0 Å². The number of hydrogen-bond acceptors (Lipinski definition) is 3. The molecule has 0 saturated carbocycles. The monoisotopic (exact) mass is 406 g/mol. The maximum absolute atomic E-state index is 9.77. The molecule has 3 N–H and O–H groups in total. The minimum Gasteiger partial charge on any atom is -0.495 e. The second-order valence-electron chi connectivity index (χ2n) is 10.1. The number of aromatic amines is 1. The Balaban J connectivity index is 1.85. The van der Waals surface area contributed by atoms with E-state index >= 15 is 0 Å². The summed E-state index contributed by atoms with van der Waals surface area (Å²) < 4.78 is 0. The van der Waals surface area contributed by atoms with Crippen LogP contribution in [0.5, 0.6) is 11.8 Å². The van der Waals surface area contributed by atoms with E-state index in [-0.39, 0.29) is 11.8 Å². The SMILES string of the molecule is CCCCCCC(CCCCCc1cc(O)[nH]c1O)C1CCN(C)C(C)(C)C1C. The highest BCUT2D eigenvalue weighted by molar-refractivity contribution is 5.32. The maximum Gasteiger partial charge on any atom is 0.194 e. The number of hydrogen-bond donors (Lipinski definition) is 3. The largest absolute Gasteiger partial charge is 0.495 e. The summed E-state index contributed by atoms with van der Waals surface area (Å²) in [6.07, 6.45) is 13.9. The van der Waals surface area contributed by atoms with Crippen molar-refractivity contribution >= 4 is 0 Å². The molecule has 1 fully saturated rings. The number of aryl methyl sites for hydroxylation is 1. The average Bonchev–Trinajstić information content (AvgIpc) is 2.99. The number of unbranched alkanes of at least 4 members (excludes halogenated alkanes) is 5. The first-order chi connectivity index (χ1) is 13.8. The van der Waals surface area contributed by atoms with Crippen molar-refractivity contribution in [2.75, 3.05) is 13.6 Å². The number of aromatic nitrogens is 1. The second kappa shape index (κ2) is 11.3. The molecule has 168 valence electrons. The van der Waals surface area contributed by atoms with Gasteiger partial charge in [-0.2, -0.15) is 0 Å². The van der Waals surface area contributed by atoms with Gasteiger partial charge in [0.2, 0.25) is 0 Å². The molecule has 1 aromatic heterocycles. The molecule has 0 radical (unpaired) electrons. The standard InChI is InChI=1S/C25H46N2O2/c1-6-7-8-10-13-20(22-16-17-27(5)25(3,4)19(22)2)14-11-9-12-15-21-18-23(28)26-24(21)29/h18-20,22,26,28-29H,6-17H2,1-5H3. The molecule has 29 heavy (non-hydrogen) atoms. The Labute approximate surface area is 179 Å². The van der Waals surface area contributed by atoms with Crippen LogP contribution in [0.25, 0.3) is 0 Å². The minimum atomic E-state index is 0.0588. The van der Waals surface area contributed by atoms with Crippen molar-refractivity contribution in [1.29, 1.82) is 0 Å². The lowest BCUT2D eigenvalue weighted by Gasteiger charge is -2.51. The van der Waals surface area contributed by atoms with Crippen LogP contribution in [0.2, 0.25) is 0 Å². The quantitative estimate of drug-likeness (QED) is 0.348. The molecule has 2 rings (SSSR count). The highest BCUT2D eigenvalue weighted by Crippen LogP contribution is 2.43. The lowest BCUT2D eigenvalue weighted by molar-refractivity contribution is -0.0131. The first kappa shape index (κ1) is 24.1. The number of aromatic hydroxyl groups is 2. The highest BCUT2D eigenvalue weighted by Gasteiger charge is 2.41. The predicted octanol–water partition coefficient (Wildman–Crippen LogP) is 6.48. The van der Waals surface area contributed by atoms with Gasteiger partial charge in [0.25, 0.3) is 0 Å². The Bertz CT molecular complexity index is 596. The minimum absolute atomic E-state index is 0.0588. The maximum atomic E-state index is 9.77. The topological polar surface area (TPSA) is 59.5 Å². The molecule has 3 atom stereocenters. The fourth-order valence-electron chi connectivity index (χ4n) is 5.36. The third-order valence-electron chi connectivity index (χ3n) is 7.95. The molecule has 2 heterocycles. The van der Waals surface area contributed by atoms with Crippen molar-refractivity contribution in [1.82, 2.24) is 9.88 Å². The van der Waals surface area contributed by atoms with Crippen LogP contribution >= 0.6 is 0 Å². The molecule has 1 aliphatic heterocycles. The van der Waals surface area contributed by atoms with Crippen molar-refractivity contribution in [3.05, 3.63) is 11.6 Å². The number of H-pyrrole nitrogens is 1. The smallest absolute Gasteiger partial charge is 0.194 e. The van der Waals surface area contributed by atoms with E-state index in [4.69, 9.17) is 0 Å². The Morgan fingerprint density at radius 1 is 1.10 bits per heavy atom. The molecule has 0 spiro atoms. The third-order valence-corrected chi connectivity index (χ3v) is 7.95. The lowest BCUT2D eigenvalue weighted by Crippen LogP contribution is -2.54. The number of nitrogens with one attached hydrogen (secondary N) is 1. The molecule has 4 nitrogen and oxygen atoms in total. The molecule has 1 aromatic rings. The second-order valence-corrected chi connectivity index (χ2v) is 10.1. The summed E-state index contributed by atoms with van der Waals surface area (Å²) in [5.74, 6) is 2.60. The van der Waals surface area contributed by atoms with E-state index in [1.54, 1.807) is 6.07 Å². The number of piperidine rings is 1. The van der Waals surface area contributed by atoms with Gasteiger partial charge in [0, 0.05) is 17.2 Å². The average molecular weight is 407 g/mol. The summed E-state index contributed by atoms with van der Waals surface area (Å²) in [6, 6.07) is 1.65. The summed E-state index contributed by atoms with van der Waals surface area (Å²) >= 11 is 0. The first-order valence-corrected chi connectivity index (χ1v) is 12.1. The summed E-state index contributed by atoms with van der Waals surface area (Å²) in [5, 5.41) is 19.2. The Morgan fingerprint density at radius 3 is 2.34 bits per heavy atom. The Kier molecular flexibility index (Phi) is 9.39. The summed E-state index contributed by atoms with van der Waals surface area (Å²) in [5.41, 5.74) is 1.13. The van der Waals surface area contributed by atoms with E-state index in [1.165, 1.54) is 64.3 Å². The van der Waals surface area contributed by atoms with Crippen LogP contribution in [0.1, 0.15) is 97.5 Å². The Hall–Kier alpha value is -1.16. The molecule has 0 bridgehead atoms. The zero-order chi connectivity index (χ0) is 21.4. The molecule has 0 aliphatic carbocycles. The fourth-order valence-corrected chi connectivity index (χ4v) is 5.36. The van der Waals surface area contributed by atoms with Gasteiger partial charge in [-0.05, 0) is 64.5 Å². The Morgan fingerprint density at radius 2 is 1.76 bits per heavy atom. The van der Waals surface area contributed by atoms with Gasteiger partial charge in [-0.1, -0.05) is 65.2 Å². The number of nitrogens with zero attached hydrogens (tertiary/aromatic N) is 1. The molecule has 0 amide bonds. The van der Waals surface area contributed by atoms with Gasteiger partial charge in [0.05, 0.1) is 0 Å². The van der Waals surface area contributed by atoms with Crippen molar-refractivity contribution in [3.63, 3.8) is 0 Å². The molecular weight excluding hydrogens is 360 g/mol. The van der Waals surface area contributed by atoms with Crippen LogP contribution < -0.4 is 0 Å². The third kappa shape index (κ3) is 6.67. The molecule has 1 saturated heterocycles. The van der Waals surface area contributed by atoms with Crippen LogP contribution in [-0.2, 0) is 6.42 Å². The fraction of sp³-hybridized carbons (Fsp3) is 0.840. The first-order valence-electron chi connectivity index (χ1n) is 12.1. The van der Waals surface area contributed by atoms with Gasteiger partial charge in [-0.25, -0.2) is 0 Å². The molecular formula is C25H46N2O2. The van der Waals surface area contributed by atoms with Gasteiger partial charge in [0.15, 0.2) is 11.8 Å². The molecule has 3 unspecified atom stereocenters. The summed E-state index contributed by atoms with van der Waals surface area (Å²) in [6.45, 7) is 10.9. The van der Waals surface area contributed by atoms with Crippen molar-refractivity contribution in [2.45, 2.75) is 104 Å². The molecule has 4 heteroatoms. The van der Waals surface area contributed by atoms with Crippen LogP contribution in [0.15, 0.2) is 6.07 Å².